The topological polar surface area (TPSA) is 50.4 Å². The van der Waals surface area contributed by atoms with Crippen molar-refractivity contribution >= 4 is 5.91 Å². The Morgan fingerprint density at radius 2 is 2.10 bits per heavy atom. The molecular weight excluding hydrogens is 285 g/mol. The Labute approximate surface area is 120 Å². The van der Waals surface area contributed by atoms with Crippen molar-refractivity contribution in [3.8, 4) is 5.75 Å². The van der Waals surface area contributed by atoms with Crippen molar-refractivity contribution in [2.45, 2.75) is 31.6 Å². The Kier molecular flexibility index (Phi) is 5.06. The number of ether oxygens (including phenoxy) is 1. The lowest BCUT2D eigenvalue weighted by molar-refractivity contribution is -0.139. The fourth-order valence-electron chi connectivity index (χ4n) is 1.69. The Balaban J connectivity index is 1.74. The van der Waals surface area contributed by atoms with E-state index in [1.807, 2.05) is 6.07 Å². The number of halogens is 3. The average molecular weight is 302 g/mol. The summed E-state index contributed by atoms with van der Waals surface area (Å²) in [5.74, 6) is -0.332. The molecule has 2 N–H and O–H groups in total. The first-order valence-electron chi connectivity index (χ1n) is 6.71. The van der Waals surface area contributed by atoms with Gasteiger partial charge in [-0.25, -0.2) is 0 Å². The van der Waals surface area contributed by atoms with Gasteiger partial charge in [0.25, 0.3) is 5.91 Å². The van der Waals surface area contributed by atoms with E-state index in [2.05, 4.69) is 5.32 Å². The minimum Gasteiger partial charge on any atom is -0.484 e. The molecule has 1 aliphatic rings. The van der Waals surface area contributed by atoms with Crippen molar-refractivity contribution in [2.75, 3.05) is 13.2 Å². The predicted molar refractivity (Wildman–Crippen MR) is 70.9 cm³/mol. The van der Waals surface area contributed by atoms with Gasteiger partial charge in [0.2, 0.25) is 0 Å². The van der Waals surface area contributed by atoms with Crippen molar-refractivity contribution in [1.82, 2.24) is 10.6 Å². The molecule has 0 heterocycles. The zero-order valence-electron chi connectivity index (χ0n) is 11.4. The molecule has 0 aromatic heterocycles. The number of hydrogen-bond acceptors (Lipinski definition) is 3. The van der Waals surface area contributed by atoms with Crippen LogP contribution in [0, 0.1) is 0 Å². The fraction of sp³-hybridized carbons (Fsp3) is 0.500. The first kappa shape index (κ1) is 15.6. The van der Waals surface area contributed by atoms with Gasteiger partial charge < -0.3 is 15.4 Å². The first-order chi connectivity index (χ1) is 9.92. The minimum absolute atomic E-state index is 0.435. The van der Waals surface area contributed by atoms with Crippen molar-refractivity contribution in [2.24, 2.45) is 0 Å². The molecule has 4 nitrogen and oxygen atoms in total. The second kappa shape index (κ2) is 6.80. The molecule has 2 rings (SSSR count). The van der Waals surface area contributed by atoms with Crippen molar-refractivity contribution < 1.29 is 22.7 Å². The third-order valence-electron chi connectivity index (χ3n) is 2.93. The molecule has 0 atom stereocenters. The van der Waals surface area contributed by atoms with Gasteiger partial charge in [-0.2, -0.15) is 13.2 Å². The Hall–Kier alpha value is -1.76. The lowest BCUT2D eigenvalue weighted by Crippen LogP contribution is -2.36. The average Bonchev–Trinajstić information content (AvgIpc) is 3.24. The summed E-state index contributed by atoms with van der Waals surface area (Å²) in [5, 5.41) is 5.10. The first-order valence-corrected chi connectivity index (χ1v) is 6.71. The fourth-order valence-corrected chi connectivity index (χ4v) is 1.69. The highest BCUT2D eigenvalue weighted by Gasteiger charge is 2.27. The number of benzene rings is 1. The number of rotatable bonds is 7. The summed E-state index contributed by atoms with van der Waals surface area (Å²) in [6, 6.07) is 7.73. The number of amides is 1. The van der Waals surface area contributed by atoms with Gasteiger partial charge in [-0.1, -0.05) is 12.1 Å². The van der Waals surface area contributed by atoms with Gasteiger partial charge in [0, 0.05) is 12.6 Å². The maximum absolute atomic E-state index is 11.9. The summed E-state index contributed by atoms with van der Waals surface area (Å²) in [7, 11) is 0. The van der Waals surface area contributed by atoms with E-state index in [4.69, 9.17) is 4.74 Å². The molecule has 1 aromatic rings. The van der Waals surface area contributed by atoms with Crippen LogP contribution in [-0.4, -0.2) is 31.3 Å². The molecule has 1 aromatic carbocycles. The van der Waals surface area contributed by atoms with Crippen LogP contribution in [0.1, 0.15) is 18.4 Å². The van der Waals surface area contributed by atoms with Crippen molar-refractivity contribution in [3.05, 3.63) is 29.8 Å². The van der Waals surface area contributed by atoms with Gasteiger partial charge >= 0.3 is 6.18 Å². The van der Waals surface area contributed by atoms with E-state index in [1.165, 1.54) is 12.8 Å². The van der Waals surface area contributed by atoms with E-state index in [-0.39, 0.29) is 0 Å². The lowest BCUT2D eigenvalue weighted by Gasteiger charge is -2.10. The third kappa shape index (κ3) is 6.48. The second-order valence-corrected chi connectivity index (χ2v) is 4.98. The van der Waals surface area contributed by atoms with E-state index < -0.39 is 25.2 Å². The highest BCUT2D eigenvalue weighted by Crippen LogP contribution is 2.20. The van der Waals surface area contributed by atoms with Gasteiger partial charge in [-0.3, -0.25) is 4.79 Å². The molecule has 1 aliphatic carbocycles. The van der Waals surface area contributed by atoms with E-state index in [9.17, 15) is 18.0 Å². The minimum atomic E-state index is -4.41. The van der Waals surface area contributed by atoms with E-state index in [0.717, 1.165) is 5.56 Å². The zero-order valence-corrected chi connectivity index (χ0v) is 11.4. The number of carbonyl (C=O) groups is 1. The Morgan fingerprint density at radius 3 is 2.76 bits per heavy atom. The van der Waals surface area contributed by atoms with E-state index >= 15 is 0 Å². The molecule has 1 saturated carbocycles. The van der Waals surface area contributed by atoms with Crippen LogP contribution in [0.5, 0.6) is 5.75 Å². The third-order valence-corrected chi connectivity index (χ3v) is 2.93. The van der Waals surface area contributed by atoms with Crippen molar-refractivity contribution in [1.29, 1.82) is 0 Å². The van der Waals surface area contributed by atoms with Crippen LogP contribution in [0.3, 0.4) is 0 Å². The second-order valence-electron chi connectivity index (χ2n) is 4.98. The molecule has 0 unspecified atom stereocenters. The van der Waals surface area contributed by atoms with E-state index in [1.54, 1.807) is 23.5 Å². The summed E-state index contributed by atoms with van der Waals surface area (Å²) < 4.78 is 41.0. The van der Waals surface area contributed by atoms with Gasteiger partial charge in [-0.15, -0.1) is 0 Å². The molecule has 0 saturated heterocycles. The highest BCUT2D eigenvalue weighted by molar-refractivity contribution is 5.77. The van der Waals surface area contributed by atoms with Crippen LogP contribution in [0.15, 0.2) is 24.3 Å². The standard InChI is InChI=1S/C14H17F3N2O2/c15-14(16,17)9-19-13(20)8-21-12-3-1-2-10(6-12)7-18-11-4-5-11/h1-3,6,11,18H,4-5,7-9H2,(H,19,20). The number of hydrogen-bond donors (Lipinski definition) is 2. The molecule has 21 heavy (non-hydrogen) atoms. The lowest BCUT2D eigenvalue weighted by atomic mass is 10.2. The predicted octanol–water partition coefficient (Wildman–Crippen LogP) is 2.00. The van der Waals surface area contributed by atoms with Crippen LogP contribution in [0.2, 0.25) is 0 Å². The summed E-state index contributed by atoms with van der Waals surface area (Å²) in [5.41, 5.74) is 1.01. The summed E-state index contributed by atoms with van der Waals surface area (Å²) in [4.78, 5) is 11.2. The van der Waals surface area contributed by atoms with Crippen molar-refractivity contribution in [3.63, 3.8) is 0 Å². The van der Waals surface area contributed by atoms with Crippen LogP contribution >= 0.6 is 0 Å². The van der Waals surface area contributed by atoms with Gasteiger partial charge in [0.1, 0.15) is 12.3 Å². The number of nitrogens with one attached hydrogen (secondary N) is 2. The van der Waals surface area contributed by atoms with Gasteiger partial charge in [0.15, 0.2) is 6.61 Å². The van der Waals surface area contributed by atoms with Crippen LogP contribution in [-0.2, 0) is 11.3 Å². The van der Waals surface area contributed by atoms with Gasteiger partial charge in [-0.05, 0) is 30.5 Å². The number of alkyl halides is 3. The molecule has 116 valence electrons. The molecule has 1 amide bonds. The molecule has 0 aliphatic heterocycles. The molecule has 0 spiro atoms. The monoisotopic (exact) mass is 302 g/mol. The maximum atomic E-state index is 11.9. The summed E-state index contributed by atoms with van der Waals surface area (Å²) in [6.45, 7) is -1.07. The summed E-state index contributed by atoms with van der Waals surface area (Å²) in [6.07, 6.45) is -2.03. The van der Waals surface area contributed by atoms with Crippen LogP contribution < -0.4 is 15.4 Å². The molecule has 1 fully saturated rings. The molecule has 0 radical (unpaired) electrons. The van der Waals surface area contributed by atoms with E-state index in [0.29, 0.717) is 18.3 Å². The maximum Gasteiger partial charge on any atom is 0.405 e. The Morgan fingerprint density at radius 1 is 1.33 bits per heavy atom. The SMILES string of the molecule is O=C(COc1cccc(CNC2CC2)c1)NCC(F)(F)F. The smallest absolute Gasteiger partial charge is 0.405 e. The highest BCUT2D eigenvalue weighted by atomic mass is 19.4. The quantitative estimate of drug-likeness (QED) is 0.810. The van der Waals surface area contributed by atoms with Crippen LogP contribution in [0.4, 0.5) is 13.2 Å². The largest absolute Gasteiger partial charge is 0.484 e. The Bertz CT molecular complexity index is 487. The molecule has 7 heteroatoms. The molecular formula is C14H17F3N2O2. The normalized spacial score (nSPS) is 14.8. The molecule has 0 bridgehead atoms. The summed E-state index contributed by atoms with van der Waals surface area (Å²) >= 11 is 0. The van der Waals surface area contributed by atoms with Crippen LogP contribution in [0.25, 0.3) is 0 Å². The van der Waals surface area contributed by atoms with Gasteiger partial charge in [0.05, 0.1) is 0 Å². The number of carbonyl (C=O) groups excluding carboxylic acids is 1. The zero-order chi connectivity index (χ0) is 15.3.